The first-order valence-corrected chi connectivity index (χ1v) is 6.75. The Labute approximate surface area is 132 Å². The number of phenols is 1. The fourth-order valence-corrected chi connectivity index (χ4v) is 2.48. The molecule has 0 amide bonds. The molecule has 1 aliphatic rings. The number of dihydropyridines is 1. The Hall–Kier alpha value is -2.93. The van der Waals surface area contributed by atoms with Crippen LogP contribution in [0.5, 0.6) is 5.75 Å². The molecule has 0 saturated carbocycles. The van der Waals surface area contributed by atoms with Crippen molar-refractivity contribution in [3.05, 3.63) is 52.7 Å². The van der Waals surface area contributed by atoms with Crippen LogP contribution in [0.25, 0.3) is 0 Å². The van der Waals surface area contributed by atoms with E-state index in [1.807, 2.05) is 0 Å². The van der Waals surface area contributed by atoms with Crippen molar-refractivity contribution in [2.45, 2.75) is 19.5 Å². The highest BCUT2D eigenvalue weighted by Crippen LogP contribution is 2.31. The van der Waals surface area contributed by atoms with Crippen LogP contribution < -0.4 is 11.1 Å². The lowest BCUT2D eigenvalue weighted by Crippen LogP contribution is -2.62. The molecular weight excluding hydrogens is 300 g/mol. The molecule has 23 heavy (non-hydrogen) atoms. The van der Waals surface area contributed by atoms with Crippen molar-refractivity contribution in [2.24, 2.45) is 5.73 Å². The highest BCUT2D eigenvalue weighted by atomic mass is 16.4. The van der Waals surface area contributed by atoms with Gasteiger partial charge in [0.25, 0.3) is 0 Å². The molecule has 0 radical (unpaired) electrons. The van der Waals surface area contributed by atoms with Crippen molar-refractivity contribution in [1.29, 1.82) is 0 Å². The van der Waals surface area contributed by atoms with Gasteiger partial charge in [-0.1, -0.05) is 12.1 Å². The molecule has 2 rings (SSSR count). The smallest absolute Gasteiger partial charge is 0.349 e. The average Bonchev–Trinajstić information content (AvgIpc) is 2.47. The molecule has 0 bridgehead atoms. The van der Waals surface area contributed by atoms with E-state index in [-0.39, 0.29) is 33.8 Å². The Morgan fingerprint density at radius 1 is 1.22 bits per heavy atom. The first-order valence-electron chi connectivity index (χ1n) is 6.75. The summed E-state index contributed by atoms with van der Waals surface area (Å²) >= 11 is 0. The number of Topliss-reactive ketones (excluding diaryl/α,β-unsaturated/α-hetero) is 2. The number of hydrogen-bond donors (Lipinski definition) is 4. The molecule has 120 valence electrons. The topological polar surface area (TPSA) is 130 Å². The highest BCUT2D eigenvalue weighted by molar-refractivity contribution is 6.17. The fraction of sp³-hybridized carbons (Fsp3) is 0.188. The van der Waals surface area contributed by atoms with Gasteiger partial charge in [-0.25, -0.2) is 4.79 Å². The summed E-state index contributed by atoms with van der Waals surface area (Å²) in [5, 5.41) is 21.7. The maximum absolute atomic E-state index is 12.8. The second-order valence-corrected chi connectivity index (χ2v) is 5.22. The van der Waals surface area contributed by atoms with Gasteiger partial charge in [-0.15, -0.1) is 0 Å². The van der Waals surface area contributed by atoms with Gasteiger partial charge in [0.15, 0.2) is 11.6 Å². The lowest BCUT2D eigenvalue weighted by molar-refractivity contribution is -0.142. The minimum Gasteiger partial charge on any atom is -0.507 e. The van der Waals surface area contributed by atoms with Crippen molar-refractivity contribution in [1.82, 2.24) is 5.32 Å². The van der Waals surface area contributed by atoms with Crippen molar-refractivity contribution < 1.29 is 24.6 Å². The first-order chi connectivity index (χ1) is 10.7. The Kier molecular flexibility index (Phi) is 4.07. The van der Waals surface area contributed by atoms with E-state index >= 15 is 0 Å². The van der Waals surface area contributed by atoms with Gasteiger partial charge in [-0.2, -0.15) is 0 Å². The van der Waals surface area contributed by atoms with E-state index in [4.69, 9.17) is 5.73 Å². The van der Waals surface area contributed by atoms with E-state index in [1.54, 1.807) is 0 Å². The number of ketones is 2. The zero-order valence-corrected chi connectivity index (χ0v) is 12.6. The summed E-state index contributed by atoms with van der Waals surface area (Å²) in [7, 11) is 0. The maximum Gasteiger partial charge on any atom is 0.349 e. The van der Waals surface area contributed by atoms with Crippen molar-refractivity contribution in [3.63, 3.8) is 0 Å². The quantitative estimate of drug-likeness (QED) is 0.602. The summed E-state index contributed by atoms with van der Waals surface area (Å²) in [4.78, 5) is 36.0. The minimum atomic E-state index is -2.19. The van der Waals surface area contributed by atoms with Gasteiger partial charge >= 0.3 is 5.97 Å². The maximum atomic E-state index is 12.8. The molecule has 7 nitrogen and oxygen atoms in total. The summed E-state index contributed by atoms with van der Waals surface area (Å²) < 4.78 is 0. The number of carbonyl (C=O) groups excluding carboxylic acids is 2. The van der Waals surface area contributed by atoms with Gasteiger partial charge in [-0.3, -0.25) is 15.3 Å². The third-order valence-corrected chi connectivity index (χ3v) is 3.71. The summed E-state index contributed by atoms with van der Waals surface area (Å²) in [5.74, 6) is -2.88. The molecule has 1 aromatic carbocycles. The summed E-state index contributed by atoms with van der Waals surface area (Å²) in [5.41, 5.74) is 3.60. The molecule has 7 heteroatoms. The van der Waals surface area contributed by atoms with Crippen LogP contribution in [0.2, 0.25) is 0 Å². The molecule has 0 saturated heterocycles. The van der Waals surface area contributed by atoms with Crippen LogP contribution in [0, 0.1) is 0 Å². The number of rotatable bonds is 4. The van der Waals surface area contributed by atoms with E-state index in [0.717, 1.165) is 0 Å². The van der Waals surface area contributed by atoms with Crippen molar-refractivity contribution in [2.75, 3.05) is 0 Å². The number of carbonyl (C=O) groups is 3. The second-order valence-electron chi connectivity index (χ2n) is 5.22. The lowest BCUT2D eigenvalue weighted by atomic mass is 9.83. The Morgan fingerprint density at radius 3 is 2.35 bits per heavy atom. The zero-order chi connectivity index (χ0) is 17.4. The van der Waals surface area contributed by atoms with Gasteiger partial charge in [0.05, 0.1) is 11.1 Å². The summed E-state index contributed by atoms with van der Waals surface area (Å²) in [6.07, 6.45) is 1.19. The molecule has 1 atom stereocenters. The predicted molar refractivity (Wildman–Crippen MR) is 81.6 cm³/mol. The number of nitrogens with one attached hydrogen (secondary N) is 1. The molecule has 5 N–H and O–H groups in total. The van der Waals surface area contributed by atoms with Crippen LogP contribution in [0.15, 0.2) is 47.2 Å². The number of para-hydroxylation sites is 1. The van der Waals surface area contributed by atoms with Crippen LogP contribution >= 0.6 is 0 Å². The second kappa shape index (κ2) is 5.69. The van der Waals surface area contributed by atoms with Gasteiger partial charge < -0.3 is 15.5 Å². The molecule has 1 unspecified atom stereocenters. The van der Waals surface area contributed by atoms with E-state index in [1.165, 1.54) is 44.3 Å². The van der Waals surface area contributed by atoms with Crippen LogP contribution in [-0.2, 0) is 9.59 Å². The van der Waals surface area contributed by atoms with E-state index < -0.39 is 17.4 Å². The van der Waals surface area contributed by atoms with E-state index in [9.17, 15) is 24.6 Å². The number of nitrogens with two attached hydrogens (primary N) is 1. The van der Waals surface area contributed by atoms with Crippen LogP contribution in [0.1, 0.15) is 24.2 Å². The molecule has 0 spiro atoms. The van der Waals surface area contributed by atoms with Crippen LogP contribution in [0.4, 0.5) is 0 Å². The van der Waals surface area contributed by atoms with Gasteiger partial charge in [0, 0.05) is 11.8 Å². The molecule has 0 fully saturated rings. The molecule has 0 aromatic heterocycles. The van der Waals surface area contributed by atoms with Gasteiger partial charge in [-0.05, 0) is 31.6 Å². The minimum absolute atomic E-state index is 0.0930. The monoisotopic (exact) mass is 316 g/mol. The van der Waals surface area contributed by atoms with E-state index in [0.29, 0.717) is 0 Å². The highest BCUT2D eigenvalue weighted by Gasteiger charge is 2.45. The molecule has 0 aliphatic carbocycles. The normalized spacial score (nSPS) is 20.6. The zero-order valence-electron chi connectivity index (χ0n) is 12.6. The SMILES string of the molecule is CC(=O)C1=CNC(N)(C(=O)O)C(C(=O)c2ccccc2O)=C1C. The van der Waals surface area contributed by atoms with Crippen LogP contribution in [0.3, 0.4) is 0 Å². The Morgan fingerprint density at radius 2 is 1.83 bits per heavy atom. The fourth-order valence-electron chi connectivity index (χ4n) is 2.48. The van der Waals surface area contributed by atoms with Gasteiger partial charge in [0.2, 0.25) is 5.66 Å². The molecule has 1 heterocycles. The van der Waals surface area contributed by atoms with Crippen LogP contribution in [-0.4, -0.2) is 33.4 Å². The number of allylic oxidation sites excluding steroid dienone is 2. The molecular formula is C16H16N2O5. The Bertz CT molecular complexity index is 778. The lowest BCUT2D eigenvalue weighted by Gasteiger charge is -2.33. The van der Waals surface area contributed by atoms with Crippen molar-refractivity contribution >= 4 is 17.5 Å². The predicted octanol–water partition coefficient (Wildman–Crippen LogP) is 0.707. The number of carboxylic acid groups (broad SMARTS) is 1. The number of phenolic OH excluding ortho intramolecular Hbond substituents is 1. The number of benzene rings is 1. The number of aliphatic carboxylic acids is 1. The van der Waals surface area contributed by atoms with Gasteiger partial charge in [0.1, 0.15) is 5.75 Å². The largest absolute Gasteiger partial charge is 0.507 e. The number of aromatic hydroxyl groups is 1. The first kappa shape index (κ1) is 16.4. The summed E-state index contributed by atoms with van der Waals surface area (Å²) in [6, 6.07) is 5.71. The third kappa shape index (κ3) is 2.62. The number of hydrogen-bond acceptors (Lipinski definition) is 6. The molecule has 1 aromatic rings. The molecule has 1 aliphatic heterocycles. The average molecular weight is 316 g/mol. The third-order valence-electron chi connectivity index (χ3n) is 3.71. The van der Waals surface area contributed by atoms with Crippen molar-refractivity contribution in [3.8, 4) is 5.75 Å². The number of carboxylic acids is 1. The van der Waals surface area contributed by atoms with E-state index in [2.05, 4.69) is 5.32 Å². The summed E-state index contributed by atoms with van der Waals surface area (Å²) in [6.45, 7) is 2.75. The standard InChI is InChI=1S/C16H16N2O5/c1-8-11(9(2)19)7-18-16(17,15(22)23)13(8)14(21)10-5-3-4-6-12(10)20/h3-7,18,20H,17H2,1-2H3,(H,22,23). The Balaban J connectivity index is 2.70.